The van der Waals surface area contributed by atoms with Crippen LogP contribution in [0.5, 0.6) is 0 Å². The second kappa shape index (κ2) is 12.7. The van der Waals surface area contributed by atoms with Crippen LogP contribution in [0.2, 0.25) is 0 Å². The van der Waals surface area contributed by atoms with E-state index in [1.54, 1.807) is 0 Å². The molecule has 0 aliphatic carbocycles. The van der Waals surface area contributed by atoms with E-state index < -0.39 is 5.60 Å². The molecule has 0 radical (unpaired) electrons. The minimum atomic E-state index is -0.523. The highest BCUT2D eigenvalue weighted by molar-refractivity contribution is 6.54. The van der Waals surface area contributed by atoms with E-state index in [0.717, 1.165) is 71.4 Å². The quantitative estimate of drug-likeness (QED) is 0.342. The molecule has 2 atom stereocenters. The highest BCUT2D eigenvalue weighted by Gasteiger charge is 2.52. The van der Waals surface area contributed by atoms with Crippen LogP contribution >= 0.6 is 0 Å². The fourth-order valence-corrected chi connectivity index (χ4v) is 6.63. The standard InChI is InChI=1S/C35H54BN3O4/c1-33(2,3)41-32(40)39-25-26(12-13-31(39)29-11-9-10-28(24-29)27-15-19-37(8)20-16-27)14-21-38-22-17-30(18-23-38)36-42-34(4,5)35(6,7)43-36/h9-11,15,17,24,26,31H,12-14,16,18-23,25H2,1-8H3. The van der Waals surface area contributed by atoms with E-state index >= 15 is 0 Å². The molecule has 0 saturated carbocycles. The lowest BCUT2D eigenvalue weighted by Crippen LogP contribution is -2.45. The Hall–Kier alpha value is -2.13. The maximum atomic E-state index is 13.6. The third-order valence-electron chi connectivity index (χ3n) is 10.1. The largest absolute Gasteiger partial charge is 0.490 e. The number of hydrogen-bond acceptors (Lipinski definition) is 6. The van der Waals surface area contributed by atoms with Gasteiger partial charge in [0.05, 0.1) is 17.2 Å². The first kappa shape index (κ1) is 32.3. The third kappa shape index (κ3) is 7.76. The number of carbonyl (C=O) groups excluding carboxylic acids is 1. The van der Waals surface area contributed by atoms with Gasteiger partial charge in [-0.2, -0.15) is 0 Å². The van der Waals surface area contributed by atoms with Gasteiger partial charge in [-0.3, -0.25) is 4.90 Å². The van der Waals surface area contributed by atoms with E-state index in [4.69, 9.17) is 14.0 Å². The molecule has 2 saturated heterocycles. The molecule has 0 bridgehead atoms. The van der Waals surface area contributed by atoms with Gasteiger partial charge in [-0.05, 0) is 128 Å². The van der Waals surface area contributed by atoms with Gasteiger partial charge in [-0.1, -0.05) is 30.4 Å². The minimum Gasteiger partial charge on any atom is -0.444 e. The molecule has 0 spiro atoms. The number of rotatable bonds is 6. The summed E-state index contributed by atoms with van der Waals surface area (Å²) in [5.41, 5.74) is 4.05. The number of benzene rings is 1. The molecule has 4 heterocycles. The number of likely N-dealkylation sites (N-methyl/N-ethyl adjacent to an activating group) is 1. The average molecular weight is 592 g/mol. The fraction of sp³-hybridized carbons (Fsp3) is 0.686. The van der Waals surface area contributed by atoms with Gasteiger partial charge in [-0.15, -0.1) is 0 Å². The van der Waals surface area contributed by atoms with E-state index in [-0.39, 0.29) is 30.5 Å². The van der Waals surface area contributed by atoms with E-state index in [0.29, 0.717) is 5.92 Å². The van der Waals surface area contributed by atoms with Crippen molar-refractivity contribution in [1.29, 1.82) is 0 Å². The summed E-state index contributed by atoms with van der Waals surface area (Å²) in [6.07, 6.45) is 9.64. The van der Waals surface area contributed by atoms with E-state index in [1.807, 2.05) is 25.7 Å². The fourth-order valence-electron chi connectivity index (χ4n) is 6.63. The van der Waals surface area contributed by atoms with Crippen LogP contribution < -0.4 is 0 Å². The van der Waals surface area contributed by atoms with E-state index in [9.17, 15) is 4.79 Å². The summed E-state index contributed by atoms with van der Waals surface area (Å²) in [7, 11) is 1.93. The van der Waals surface area contributed by atoms with Gasteiger partial charge in [-0.25, -0.2) is 4.79 Å². The van der Waals surface area contributed by atoms with Gasteiger partial charge in [0.1, 0.15) is 5.60 Å². The SMILES string of the molecule is CN1CC=C(c2cccc(C3CCC(CCN4CC=C(B5OC(C)(C)C(C)(C)O5)CC4)CN3C(=O)OC(C)(C)C)c2)CC1. The number of carbonyl (C=O) groups is 1. The van der Waals surface area contributed by atoms with Crippen molar-refractivity contribution in [1.82, 2.24) is 14.7 Å². The Morgan fingerprint density at radius 3 is 2.40 bits per heavy atom. The first-order valence-electron chi connectivity index (χ1n) is 16.5. The number of ether oxygens (including phenoxy) is 1. The summed E-state index contributed by atoms with van der Waals surface area (Å²) < 4.78 is 18.5. The van der Waals surface area contributed by atoms with Gasteiger partial charge in [0.2, 0.25) is 0 Å². The molecule has 8 heteroatoms. The van der Waals surface area contributed by atoms with Crippen molar-refractivity contribution in [3.05, 3.63) is 53.0 Å². The molecule has 5 rings (SSSR count). The number of nitrogens with zero attached hydrogens (tertiary/aromatic N) is 3. The Labute approximate surface area is 260 Å². The maximum absolute atomic E-state index is 13.6. The van der Waals surface area contributed by atoms with E-state index in [2.05, 4.69) is 81.0 Å². The van der Waals surface area contributed by atoms with Crippen LogP contribution in [-0.4, -0.2) is 91.0 Å². The van der Waals surface area contributed by atoms with Crippen molar-refractivity contribution < 1.29 is 18.8 Å². The molecule has 1 amide bonds. The molecule has 4 aliphatic rings. The number of amides is 1. The van der Waals surface area contributed by atoms with Crippen molar-refractivity contribution >= 4 is 18.8 Å². The second-order valence-electron chi connectivity index (χ2n) is 15.2. The predicted octanol–water partition coefficient (Wildman–Crippen LogP) is 6.75. The topological polar surface area (TPSA) is 54.5 Å². The molecule has 236 valence electrons. The summed E-state index contributed by atoms with van der Waals surface area (Å²) in [5, 5.41) is 0. The van der Waals surface area contributed by atoms with Gasteiger partial charge >= 0.3 is 13.2 Å². The molecular formula is C35H54BN3O4. The normalized spacial score (nSPS) is 26.7. The first-order valence-corrected chi connectivity index (χ1v) is 16.5. The van der Waals surface area contributed by atoms with Crippen molar-refractivity contribution in [2.75, 3.05) is 46.3 Å². The molecule has 2 fully saturated rings. The maximum Gasteiger partial charge on any atom is 0.490 e. The molecule has 4 aliphatic heterocycles. The zero-order chi connectivity index (χ0) is 31.0. The van der Waals surface area contributed by atoms with Crippen molar-refractivity contribution in [2.45, 2.75) is 103 Å². The Kier molecular flexibility index (Phi) is 9.53. The molecular weight excluding hydrogens is 537 g/mol. The molecule has 0 N–H and O–H groups in total. The number of hydrogen-bond donors (Lipinski definition) is 0. The summed E-state index contributed by atoms with van der Waals surface area (Å²) in [6.45, 7) is 20.1. The Morgan fingerprint density at radius 1 is 1.02 bits per heavy atom. The highest BCUT2D eigenvalue weighted by Crippen LogP contribution is 2.40. The first-order chi connectivity index (χ1) is 20.2. The highest BCUT2D eigenvalue weighted by atomic mass is 16.7. The molecule has 1 aromatic rings. The molecule has 1 aromatic carbocycles. The number of likely N-dealkylation sites (tertiary alicyclic amines) is 1. The van der Waals surface area contributed by atoms with Crippen LogP contribution in [0.15, 0.2) is 41.9 Å². The van der Waals surface area contributed by atoms with Crippen LogP contribution in [0.25, 0.3) is 5.57 Å². The van der Waals surface area contributed by atoms with Crippen LogP contribution in [0.3, 0.4) is 0 Å². The van der Waals surface area contributed by atoms with E-state index in [1.165, 1.54) is 22.2 Å². The smallest absolute Gasteiger partial charge is 0.444 e. The lowest BCUT2D eigenvalue weighted by molar-refractivity contribution is 0.00122. The lowest BCUT2D eigenvalue weighted by Gasteiger charge is -2.41. The summed E-state index contributed by atoms with van der Waals surface area (Å²) in [5.74, 6) is 0.456. The van der Waals surface area contributed by atoms with Gasteiger partial charge in [0.25, 0.3) is 0 Å². The lowest BCUT2D eigenvalue weighted by atomic mass is 9.74. The zero-order valence-electron chi connectivity index (χ0n) is 27.9. The van der Waals surface area contributed by atoms with Gasteiger partial charge in [0, 0.05) is 32.7 Å². The van der Waals surface area contributed by atoms with Crippen LogP contribution in [0.1, 0.15) is 97.7 Å². The molecule has 0 aromatic heterocycles. The van der Waals surface area contributed by atoms with Crippen LogP contribution in [0, 0.1) is 5.92 Å². The molecule has 7 nitrogen and oxygen atoms in total. The summed E-state index contributed by atoms with van der Waals surface area (Å²) in [4.78, 5) is 20.5. The van der Waals surface area contributed by atoms with Crippen molar-refractivity contribution in [2.24, 2.45) is 5.92 Å². The Morgan fingerprint density at radius 2 is 1.77 bits per heavy atom. The minimum absolute atomic E-state index is 0.0401. The Balaban J connectivity index is 1.21. The van der Waals surface area contributed by atoms with Crippen molar-refractivity contribution in [3.8, 4) is 0 Å². The second-order valence-corrected chi connectivity index (χ2v) is 15.2. The third-order valence-corrected chi connectivity index (χ3v) is 10.1. The van der Waals surface area contributed by atoms with Crippen molar-refractivity contribution in [3.63, 3.8) is 0 Å². The Bertz CT molecular complexity index is 1200. The molecule has 43 heavy (non-hydrogen) atoms. The van der Waals surface area contributed by atoms with Gasteiger partial charge < -0.3 is 23.8 Å². The number of piperidine rings is 1. The average Bonchev–Trinajstić information content (AvgIpc) is 3.18. The monoisotopic (exact) mass is 591 g/mol. The van der Waals surface area contributed by atoms with Crippen LogP contribution in [0.4, 0.5) is 4.79 Å². The van der Waals surface area contributed by atoms with Gasteiger partial charge in [0.15, 0.2) is 0 Å². The zero-order valence-corrected chi connectivity index (χ0v) is 27.9. The molecule has 2 unspecified atom stereocenters. The summed E-state index contributed by atoms with van der Waals surface area (Å²) in [6, 6.07) is 8.93. The van der Waals surface area contributed by atoms with Crippen LogP contribution in [-0.2, 0) is 14.0 Å². The predicted molar refractivity (Wildman–Crippen MR) is 175 cm³/mol. The summed E-state index contributed by atoms with van der Waals surface area (Å²) >= 11 is 0.